The molecule has 1 aromatic carbocycles. The van der Waals surface area contributed by atoms with Gasteiger partial charge in [0.1, 0.15) is 0 Å². The molecule has 0 spiro atoms. The summed E-state index contributed by atoms with van der Waals surface area (Å²) in [6.45, 7) is 3.28. The maximum absolute atomic E-state index is 9.50. The van der Waals surface area contributed by atoms with Crippen LogP contribution in [0, 0.1) is 6.92 Å². The maximum Gasteiger partial charge on any atom is 0.231 e. The summed E-state index contributed by atoms with van der Waals surface area (Å²) in [5.74, 6) is 1.70. The number of rotatable bonds is 3. The van der Waals surface area contributed by atoms with Gasteiger partial charge in [-0.3, -0.25) is 0 Å². The third kappa shape index (κ3) is 2.85. The minimum Gasteiger partial charge on any atom is -0.454 e. The normalized spacial score (nSPS) is 25.6. The van der Waals surface area contributed by atoms with Crippen LogP contribution in [0.1, 0.15) is 36.8 Å². The van der Waals surface area contributed by atoms with Crippen molar-refractivity contribution in [1.82, 2.24) is 5.32 Å². The van der Waals surface area contributed by atoms with Crippen LogP contribution in [0.2, 0.25) is 0 Å². The molecule has 19 heavy (non-hydrogen) atoms. The van der Waals surface area contributed by atoms with Gasteiger partial charge in [-0.15, -0.1) is 0 Å². The Labute approximate surface area is 113 Å². The molecule has 1 heterocycles. The lowest BCUT2D eigenvalue weighted by atomic mass is 9.93. The third-order valence-corrected chi connectivity index (χ3v) is 4.11. The van der Waals surface area contributed by atoms with E-state index < -0.39 is 0 Å². The van der Waals surface area contributed by atoms with E-state index in [-0.39, 0.29) is 6.10 Å². The topological polar surface area (TPSA) is 50.7 Å². The van der Waals surface area contributed by atoms with Crippen molar-refractivity contribution < 1.29 is 14.6 Å². The lowest BCUT2D eigenvalue weighted by molar-refractivity contribution is 0.116. The highest BCUT2D eigenvalue weighted by Gasteiger charge is 2.20. The number of ether oxygens (including phenoxy) is 2. The summed E-state index contributed by atoms with van der Waals surface area (Å²) < 4.78 is 10.8. The summed E-state index contributed by atoms with van der Waals surface area (Å²) in [5, 5.41) is 13.1. The molecular formula is C15H21NO3. The molecule has 0 bridgehead atoms. The minimum absolute atomic E-state index is 0.0923. The molecule has 1 aliphatic heterocycles. The average Bonchev–Trinajstić information content (AvgIpc) is 2.85. The van der Waals surface area contributed by atoms with E-state index >= 15 is 0 Å². The van der Waals surface area contributed by atoms with Crippen molar-refractivity contribution in [2.75, 3.05) is 6.79 Å². The molecule has 0 unspecified atom stereocenters. The largest absolute Gasteiger partial charge is 0.454 e. The Bertz CT molecular complexity index is 453. The number of aryl methyl sites for hydroxylation is 1. The second kappa shape index (κ2) is 5.39. The van der Waals surface area contributed by atoms with Gasteiger partial charge < -0.3 is 19.9 Å². The van der Waals surface area contributed by atoms with E-state index in [0.717, 1.165) is 43.7 Å². The second-order valence-electron chi connectivity index (χ2n) is 5.52. The van der Waals surface area contributed by atoms with Crippen LogP contribution in [0.5, 0.6) is 11.5 Å². The Kier molecular flexibility index (Phi) is 3.62. The summed E-state index contributed by atoms with van der Waals surface area (Å²) in [7, 11) is 0. The highest BCUT2D eigenvalue weighted by molar-refractivity contribution is 5.48. The molecular weight excluding hydrogens is 242 g/mol. The van der Waals surface area contributed by atoms with Gasteiger partial charge in [-0.05, 0) is 55.9 Å². The summed E-state index contributed by atoms with van der Waals surface area (Å²) in [4.78, 5) is 0. The number of benzene rings is 1. The van der Waals surface area contributed by atoms with E-state index in [2.05, 4.69) is 18.3 Å². The first-order valence-corrected chi connectivity index (χ1v) is 7.03. The SMILES string of the molecule is Cc1cc2c(cc1CNC1CCC(O)CC1)OCO2. The molecule has 0 amide bonds. The van der Waals surface area contributed by atoms with E-state index in [1.807, 2.05) is 6.07 Å². The van der Waals surface area contributed by atoms with Crippen LogP contribution in [-0.4, -0.2) is 24.0 Å². The highest BCUT2D eigenvalue weighted by Crippen LogP contribution is 2.34. The van der Waals surface area contributed by atoms with Crippen LogP contribution in [0.3, 0.4) is 0 Å². The molecule has 0 aromatic heterocycles. The van der Waals surface area contributed by atoms with Crippen LogP contribution in [0.4, 0.5) is 0 Å². The standard InChI is InChI=1S/C15H21NO3/c1-10-6-14-15(19-9-18-14)7-11(10)8-16-12-2-4-13(17)5-3-12/h6-7,12-13,16-17H,2-5,8-9H2,1H3. The first-order chi connectivity index (χ1) is 9.22. The molecule has 3 rings (SSSR count). The molecule has 104 valence electrons. The number of hydrogen-bond donors (Lipinski definition) is 2. The fraction of sp³-hybridized carbons (Fsp3) is 0.600. The first-order valence-electron chi connectivity index (χ1n) is 7.03. The van der Waals surface area contributed by atoms with Gasteiger partial charge in [-0.25, -0.2) is 0 Å². The summed E-state index contributed by atoms with van der Waals surface area (Å²) in [6.07, 6.45) is 3.86. The van der Waals surface area contributed by atoms with Crippen molar-refractivity contribution in [3.8, 4) is 11.5 Å². The lowest BCUT2D eigenvalue weighted by Crippen LogP contribution is -2.34. The fourth-order valence-corrected chi connectivity index (χ4v) is 2.81. The predicted molar refractivity (Wildman–Crippen MR) is 72.4 cm³/mol. The Balaban J connectivity index is 1.61. The van der Waals surface area contributed by atoms with E-state index in [1.165, 1.54) is 11.1 Å². The molecule has 1 saturated carbocycles. The first kappa shape index (κ1) is 12.8. The molecule has 4 nitrogen and oxygen atoms in total. The summed E-state index contributed by atoms with van der Waals surface area (Å²) >= 11 is 0. The number of nitrogens with one attached hydrogen (secondary N) is 1. The predicted octanol–water partition coefficient (Wildman–Crippen LogP) is 2.12. The van der Waals surface area contributed by atoms with E-state index in [4.69, 9.17) is 9.47 Å². The van der Waals surface area contributed by atoms with Gasteiger partial charge in [-0.2, -0.15) is 0 Å². The van der Waals surface area contributed by atoms with Gasteiger partial charge in [0.25, 0.3) is 0 Å². The summed E-state index contributed by atoms with van der Waals surface area (Å²) in [5.41, 5.74) is 2.49. The zero-order valence-corrected chi connectivity index (χ0v) is 11.3. The van der Waals surface area contributed by atoms with Crippen LogP contribution < -0.4 is 14.8 Å². The number of aliphatic hydroxyl groups is 1. The van der Waals surface area contributed by atoms with Crippen LogP contribution >= 0.6 is 0 Å². The quantitative estimate of drug-likeness (QED) is 0.877. The number of aliphatic hydroxyl groups excluding tert-OH is 1. The van der Waals surface area contributed by atoms with Crippen LogP contribution in [-0.2, 0) is 6.54 Å². The Morgan fingerprint density at radius 3 is 2.58 bits per heavy atom. The van der Waals surface area contributed by atoms with Crippen LogP contribution in [0.25, 0.3) is 0 Å². The third-order valence-electron chi connectivity index (χ3n) is 4.11. The van der Waals surface area contributed by atoms with E-state index in [1.54, 1.807) is 0 Å². The van der Waals surface area contributed by atoms with Crippen molar-refractivity contribution in [2.45, 2.75) is 51.3 Å². The zero-order valence-electron chi connectivity index (χ0n) is 11.3. The van der Waals surface area contributed by atoms with Crippen molar-refractivity contribution in [2.24, 2.45) is 0 Å². The van der Waals surface area contributed by atoms with E-state index in [9.17, 15) is 5.11 Å². The van der Waals surface area contributed by atoms with Gasteiger partial charge in [0.2, 0.25) is 6.79 Å². The Morgan fingerprint density at radius 2 is 1.84 bits per heavy atom. The van der Waals surface area contributed by atoms with Gasteiger partial charge in [0.05, 0.1) is 6.10 Å². The fourth-order valence-electron chi connectivity index (χ4n) is 2.81. The van der Waals surface area contributed by atoms with E-state index in [0.29, 0.717) is 12.8 Å². The van der Waals surface area contributed by atoms with Crippen LogP contribution in [0.15, 0.2) is 12.1 Å². The number of hydrogen-bond acceptors (Lipinski definition) is 4. The monoisotopic (exact) mass is 263 g/mol. The van der Waals surface area contributed by atoms with Gasteiger partial charge in [0.15, 0.2) is 11.5 Å². The average molecular weight is 263 g/mol. The molecule has 1 aliphatic carbocycles. The van der Waals surface area contributed by atoms with Gasteiger partial charge in [0, 0.05) is 12.6 Å². The smallest absolute Gasteiger partial charge is 0.231 e. The Hall–Kier alpha value is -1.26. The Morgan fingerprint density at radius 1 is 1.16 bits per heavy atom. The molecule has 2 aliphatic rings. The molecule has 0 saturated heterocycles. The van der Waals surface area contributed by atoms with Crippen molar-refractivity contribution in [3.05, 3.63) is 23.3 Å². The van der Waals surface area contributed by atoms with Gasteiger partial charge in [-0.1, -0.05) is 0 Å². The van der Waals surface area contributed by atoms with Crippen molar-refractivity contribution >= 4 is 0 Å². The minimum atomic E-state index is -0.0923. The summed E-state index contributed by atoms with van der Waals surface area (Å²) in [6, 6.07) is 4.64. The maximum atomic E-state index is 9.50. The zero-order chi connectivity index (χ0) is 13.2. The molecule has 0 radical (unpaired) electrons. The van der Waals surface area contributed by atoms with Gasteiger partial charge >= 0.3 is 0 Å². The van der Waals surface area contributed by atoms with Crippen molar-refractivity contribution in [1.29, 1.82) is 0 Å². The molecule has 2 N–H and O–H groups in total. The lowest BCUT2D eigenvalue weighted by Gasteiger charge is -2.26. The molecule has 0 atom stereocenters. The highest BCUT2D eigenvalue weighted by atomic mass is 16.7. The molecule has 1 aromatic rings. The second-order valence-corrected chi connectivity index (χ2v) is 5.52. The van der Waals surface area contributed by atoms with Crippen molar-refractivity contribution in [3.63, 3.8) is 0 Å². The molecule has 1 fully saturated rings. The molecule has 4 heteroatoms. The number of fused-ring (bicyclic) bond motifs is 1.